The first-order valence-corrected chi connectivity index (χ1v) is 8.96. The molecule has 4 heterocycles. The zero-order valence-electron chi connectivity index (χ0n) is 11.4. The smallest absolute Gasteiger partial charge is 0.265 e. The molecule has 108 valence electrons. The summed E-state index contributed by atoms with van der Waals surface area (Å²) in [5, 5.41) is 6.77. The molecule has 1 amide bonds. The van der Waals surface area contributed by atoms with Crippen LogP contribution in [-0.2, 0) is 0 Å². The van der Waals surface area contributed by atoms with Gasteiger partial charge in [-0.15, -0.1) is 11.3 Å². The normalized spacial score (nSPS) is 19.7. The molecule has 6 heteroatoms. The van der Waals surface area contributed by atoms with Crippen molar-refractivity contribution in [3.8, 4) is 10.4 Å². The van der Waals surface area contributed by atoms with Gasteiger partial charge in [-0.05, 0) is 48.1 Å². The molecule has 0 aromatic carbocycles. The average molecular weight is 317 g/mol. The fraction of sp³-hybridized carbons (Fsp3) is 0.333. The number of pyridine rings is 1. The van der Waals surface area contributed by atoms with E-state index in [9.17, 15) is 4.79 Å². The van der Waals surface area contributed by atoms with Crippen molar-refractivity contribution < 1.29 is 4.79 Å². The number of aromatic nitrogens is 1. The fourth-order valence-corrected chi connectivity index (χ4v) is 5.05. The summed E-state index contributed by atoms with van der Waals surface area (Å²) < 4.78 is 0. The molecule has 2 aliphatic heterocycles. The number of anilines is 1. The molecule has 2 N–H and O–H groups in total. The van der Waals surface area contributed by atoms with E-state index >= 15 is 0 Å². The van der Waals surface area contributed by atoms with Crippen molar-refractivity contribution in [2.24, 2.45) is 0 Å². The van der Waals surface area contributed by atoms with Crippen molar-refractivity contribution in [1.82, 2.24) is 10.3 Å². The zero-order chi connectivity index (χ0) is 14.3. The number of rotatable bonds is 1. The first kappa shape index (κ1) is 13.2. The standard InChI is InChI=1S/C15H15N3OS2/c19-14-13-11(17-15(18-14)3-7-20-8-4-15)9-12(21-13)10-1-5-16-6-2-10/h1-2,5-6,9,17H,3-4,7-8H2,(H,18,19). The fourth-order valence-electron chi connectivity index (χ4n) is 2.84. The average Bonchev–Trinajstić information content (AvgIpc) is 2.93. The third-order valence-electron chi connectivity index (χ3n) is 3.98. The van der Waals surface area contributed by atoms with Gasteiger partial charge >= 0.3 is 0 Å². The van der Waals surface area contributed by atoms with E-state index in [-0.39, 0.29) is 11.6 Å². The first-order valence-electron chi connectivity index (χ1n) is 6.98. The highest BCUT2D eigenvalue weighted by Gasteiger charge is 2.39. The lowest BCUT2D eigenvalue weighted by Crippen LogP contribution is -2.58. The highest BCUT2D eigenvalue weighted by Crippen LogP contribution is 2.40. The van der Waals surface area contributed by atoms with Gasteiger partial charge in [-0.25, -0.2) is 0 Å². The summed E-state index contributed by atoms with van der Waals surface area (Å²) in [5.41, 5.74) is 1.83. The van der Waals surface area contributed by atoms with Gasteiger partial charge in [0.25, 0.3) is 5.91 Å². The van der Waals surface area contributed by atoms with Crippen molar-refractivity contribution in [3.63, 3.8) is 0 Å². The van der Waals surface area contributed by atoms with Gasteiger partial charge in [-0.1, -0.05) is 0 Å². The topological polar surface area (TPSA) is 54.0 Å². The number of nitrogens with zero attached hydrogens (tertiary/aromatic N) is 1. The van der Waals surface area contributed by atoms with E-state index in [1.165, 1.54) is 11.3 Å². The highest BCUT2D eigenvalue weighted by molar-refractivity contribution is 7.99. The van der Waals surface area contributed by atoms with Crippen LogP contribution in [0.5, 0.6) is 0 Å². The third-order valence-corrected chi connectivity index (χ3v) is 6.14. The maximum Gasteiger partial charge on any atom is 0.265 e. The molecule has 0 atom stereocenters. The molecule has 2 aromatic rings. The Labute approximate surface area is 131 Å². The molecule has 2 aliphatic rings. The number of amides is 1. The van der Waals surface area contributed by atoms with Crippen LogP contribution < -0.4 is 10.6 Å². The van der Waals surface area contributed by atoms with Gasteiger partial charge in [0.2, 0.25) is 0 Å². The lowest BCUT2D eigenvalue weighted by molar-refractivity contribution is 0.0900. The van der Waals surface area contributed by atoms with Gasteiger partial charge in [0.15, 0.2) is 0 Å². The molecule has 0 radical (unpaired) electrons. The molecule has 0 saturated carbocycles. The number of hydrogen-bond acceptors (Lipinski definition) is 5. The van der Waals surface area contributed by atoms with E-state index in [4.69, 9.17) is 0 Å². The summed E-state index contributed by atoms with van der Waals surface area (Å²) in [7, 11) is 0. The van der Waals surface area contributed by atoms with E-state index in [1.54, 1.807) is 12.4 Å². The van der Waals surface area contributed by atoms with Crippen LogP contribution in [-0.4, -0.2) is 28.1 Å². The number of hydrogen-bond donors (Lipinski definition) is 2. The number of thioether (sulfide) groups is 1. The Hall–Kier alpha value is -1.53. The minimum Gasteiger partial charge on any atom is -0.361 e. The second-order valence-corrected chi connectivity index (χ2v) is 7.64. The van der Waals surface area contributed by atoms with Crippen molar-refractivity contribution in [2.75, 3.05) is 16.8 Å². The van der Waals surface area contributed by atoms with Crippen LogP contribution in [0, 0.1) is 0 Å². The lowest BCUT2D eigenvalue weighted by Gasteiger charge is -2.41. The Bertz CT molecular complexity index is 677. The summed E-state index contributed by atoms with van der Waals surface area (Å²) in [5.74, 6) is 2.23. The summed E-state index contributed by atoms with van der Waals surface area (Å²) in [6, 6.07) is 6.04. The van der Waals surface area contributed by atoms with Crippen molar-refractivity contribution >= 4 is 34.7 Å². The molecule has 0 aliphatic carbocycles. The van der Waals surface area contributed by atoms with Gasteiger partial charge in [0.05, 0.1) is 5.69 Å². The molecule has 0 bridgehead atoms. The van der Waals surface area contributed by atoms with Gasteiger partial charge in [-0.3, -0.25) is 9.78 Å². The minimum atomic E-state index is -0.244. The predicted molar refractivity (Wildman–Crippen MR) is 87.9 cm³/mol. The predicted octanol–water partition coefficient (Wildman–Crippen LogP) is 3.19. The quantitative estimate of drug-likeness (QED) is 0.848. The van der Waals surface area contributed by atoms with Crippen LogP contribution in [0.4, 0.5) is 5.69 Å². The number of carbonyl (C=O) groups is 1. The molecule has 4 nitrogen and oxygen atoms in total. The Morgan fingerprint density at radius 1 is 1.14 bits per heavy atom. The minimum absolute atomic E-state index is 0.0564. The van der Waals surface area contributed by atoms with Gasteiger partial charge in [-0.2, -0.15) is 11.8 Å². The molecule has 1 fully saturated rings. The lowest BCUT2D eigenvalue weighted by atomic mass is 9.99. The summed E-state index contributed by atoms with van der Waals surface area (Å²) >= 11 is 3.49. The molecule has 1 saturated heterocycles. The van der Waals surface area contributed by atoms with Crippen LogP contribution >= 0.6 is 23.1 Å². The Balaban J connectivity index is 1.71. The molecule has 0 unspecified atom stereocenters. The molecule has 4 rings (SSSR count). The van der Waals surface area contributed by atoms with Crippen LogP contribution in [0.25, 0.3) is 10.4 Å². The van der Waals surface area contributed by atoms with Crippen LogP contribution in [0.3, 0.4) is 0 Å². The number of nitrogens with one attached hydrogen (secondary N) is 2. The van der Waals surface area contributed by atoms with Crippen molar-refractivity contribution in [2.45, 2.75) is 18.5 Å². The summed E-state index contributed by atoms with van der Waals surface area (Å²) in [6.45, 7) is 0. The maximum atomic E-state index is 12.4. The zero-order valence-corrected chi connectivity index (χ0v) is 13.0. The summed E-state index contributed by atoms with van der Waals surface area (Å²) in [4.78, 5) is 18.4. The van der Waals surface area contributed by atoms with Crippen molar-refractivity contribution in [3.05, 3.63) is 35.5 Å². The van der Waals surface area contributed by atoms with Crippen LogP contribution in [0.2, 0.25) is 0 Å². The van der Waals surface area contributed by atoms with Gasteiger partial charge in [0, 0.05) is 17.3 Å². The Morgan fingerprint density at radius 3 is 2.67 bits per heavy atom. The Morgan fingerprint density at radius 2 is 1.90 bits per heavy atom. The van der Waals surface area contributed by atoms with E-state index in [1.807, 2.05) is 23.9 Å². The molecule has 2 aromatic heterocycles. The first-order chi connectivity index (χ1) is 10.3. The van der Waals surface area contributed by atoms with E-state index < -0.39 is 0 Å². The molecule has 21 heavy (non-hydrogen) atoms. The number of fused-ring (bicyclic) bond motifs is 1. The van der Waals surface area contributed by atoms with Gasteiger partial charge in [0.1, 0.15) is 10.5 Å². The number of thiophene rings is 1. The van der Waals surface area contributed by atoms with Gasteiger partial charge < -0.3 is 10.6 Å². The maximum absolute atomic E-state index is 12.4. The highest BCUT2D eigenvalue weighted by atomic mass is 32.2. The van der Waals surface area contributed by atoms with E-state index in [2.05, 4.69) is 21.7 Å². The summed E-state index contributed by atoms with van der Waals surface area (Å²) in [6.07, 6.45) is 5.51. The monoisotopic (exact) mass is 317 g/mol. The molecular formula is C15H15N3OS2. The van der Waals surface area contributed by atoms with E-state index in [0.29, 0.717) is 0 Å². The van der Waals surface area contributed by atoms with Crippen LogP contribution in [0.15, 0.2) is 30.6 Å². The third kappa shape index (κ3) is 2.32. The molecule has 1 spiro atoms. The second-order valence-electron chi connectivity index (χ2n) is 5.36. The van der Waals surface area contributed by atoms with Crippen molar-refractivity contribution in [1.29, 1.82) is 0 Å². The second kappa shape index (κ2) is 5.03. The number of carbonyl (C=O) groups excluding carboxylic acids is 1. The Kier molecular flexibility index (Phi) is 3.15. The largest absolute Gasteiger partial charge is 0.361 e. The van der Waals surface area contributed by atoms with E-state index in [0.717, 1.165) is 45.4 Å². The van der Waals surface area contributed by atoms with Crippen LogP contribution in [0.1, 0.15) is 22.5 Å². The molecular weight excluding hydrogens is 302 g/mol. The SMILES string of the molecule is O=C1NC2(CCSCC2)Nc2cc(-c3ccncc3)sc21.